The van der Waals surface area contributed by atoms with Crippen LogP contribution in [0.2, 0.25) is 15.1 Å². The number of aromatic nitrogens is 2. The summed E-state index contributed by atoms with van der Waals surface area (Å²) in [4.78, 5) is 23.9. The zero-order valence-electron chi connectivity index (χ0n) is 20.0. The molecule has 1 aliphatic carbocycles. The Labute approximate surface area is 221 Å². The third-order valence-corrected chi connectivity index (χ3v) is 7.78. The van der Waals surface area contributed by atoms with Crippen molar-refractivity contribution < 1.29 is 4.79 Å². The number of anilines is 2. The molecule has 6 nitrogen and oxygen atoms in total. The van der Waals surface area contributed by atoms with E-state index in [0.717, 1.165) is 48.9 Å². The summed E-state index contributed by atoms with van der Waals surface area (Å²) in [6, 6.07) is 11.4. The monoisotopic (exact) mass is 533 g/mol. The summed E-state index contributed by atoms with van der Waals surface area (Å²) in [5, 5.41) is 8.74. The highest BCUT2D eigenvalue weighted by Gasteiger charge is 2.22. The Morgan fingerprint density at radius 2 is 1.60 bits per heavy atom. The van der Waals surface area contributed by atoms with Crippen LogP contribution in [0.15, 0.2) is 36.4 Å². The van der Waals surface area contributed by atoms with Crippen molar-refractivity contribution in [3.05, 3.63) is 57.0 Å². The standard InChI is InChI=1S/C26H30Cl3N5O/c1-34(2)25-18-5-3-4-6-22(18)32-26(33-25)31-15-17-9-7-16(8-10-17)14-30-23(35)13-19-20(27)11-12-21(28)24(19)29/h3-6,11-12,16-17H,7-10,13-15H2,1-2H3,(H,30,35)(H,31,32,33). The number of fused-ring (bicyclic) bond motifs is 1. The van der Waals surface area contributed by atoms with Crippen LogP contribution in [-0.4, -0.2) is 43.1 Å². The maximum Gasteiger partial charge on any atom is 0.225 e. The van der Waals surface area contributed by atoms with Crippen molar-refractivity contribution in [2.45, 2.75) is 32.1 Å². The van der Waals surface area contributed by atoms with E-state index >= 15 is 0 Å². The first-order valence-electron chi connectivity index (χ1n) is 11.9. The Morgan fingerprint density at radius 3 is 2.31 bits per heavy atom. The molecule has 0 spiro atoms. The van der Waals surface area contributed by atoms with Crippen molar-refractivity contribution in [1.29, 1.82) is 0 Å². The molecule has 1 heterocycles. The molecule has 2 N–H and O–H groups in total. The summed E-state index contributed by atoms with van der Waals surface area (Å²) in [6.45, 7) is 1.50. The van der Waals surface area contributed by atoms with E-state index in [1.54, 1.807) is 12.1 Å². The van der Waals surface area contributed by atoms with Crippen LogP contribution in [-0.2, 0) is 11.2 Å². The van der Waals surface area contributed by atoms with E-state index in [-0.39, 0.29) is 12.3 Å². The molecule has 35 heavy (non-hydrogen) atoms. The van der Waals surface area contributed by atoms with Gasteiger partial charge in [-0.05, 0) is 61.8 Å². The number of carbonyl (C=O) groups excluding carboxylic acids is 1. The Kier molecular flexibility index (Phi) is 8.58. The van der Waals surface area contributed by atoms with E-state index in [0.29, 0.717) is 45.0 Å². The molecule has 2 aromatic carbocycles. The van der Waals surface area contributed by atoms with Crippen molar-refractivity contribution in [2.75, 3.05) is 37.4 Å². The highest BCUT2D eigenvalue weighted by Crippen LogP contribution is 2.32. The second-order valence-electron chi connectivity index (χ2n) is 9.35. The number of halogens is 3. The lowest BCUT2D eigenvalue weighted by Crippen LogP contribution is -2.33. The number of hydrogen-bond donors (Lipinski definition) is 2. The fourth-order valence-electron chi connectivity index (χ4n) is 4.57. The van der Waals surface area contributed by atoms with Gasteiger partial charge < -0.3 is 15.5 Å². The lowest BCUT2D eigenvalue weighted by atomic mass is 9.82. The van der Waals surface area contributed by atoms with Crippen LogP contribution in [0, 0.1) is 11.8 Å². The van der Waals surface area contributed by atoms with Gasteiger partial charge in [0.2, 0.25) is 11.9 Å². The molecule has 0 bridgehead atoms. The minimum Gasteiger partial charge on any atom is -0.362 e. The van der Waals surface area contributed by atoms with E-state index in [1.807, 2.05) is 43.3 Å². The quantitative estimate of drug-likeness (QED) is 0.335. The van der Waals surface area contributed by atoms with Gasteiger partial charge in [-0.25, -0.2) is 4.98 Å². The molecular formula is C26H30Cl3N5O. The van der Waals surface area contributed by atoms with Crippen molar-refractivity contribution in [1.82, 2.24) is 15.3 Å². The summed E-state index contributed by atoms with van der Waals surface area (Å²) < 4.78 is 0. The summed E-state index contributed by atoms with van der Waals surface area (Å²) >= 11 is 18.5. The largest absolute Gasteiger partial charge is 0.362 e. The van der Waals surface area contributed by atoms with Gasteiger partial charge in [-0.1, -0.05) is 46.9 Å². The number of para-hydroxylation sites is 1. The maximum absolute atomic E-state index is 12.5. The van der Waals surface area contributed by atoms with Gasteiger partial charge in [0.25, 0.3) is 0 Å². The third-order valence-electron chi connectivity index (χ3n) is 6.59. The number of nitrogens with zero attached hydrogens (tertiary/aromatic N) is 3. The lowest BCUT2D eigenvalue weighted by molar-refractivity contribution is -0.120. The number of nitrogens with one attached hydrogen (secondary N) is 2. The molecule has 9 heteroatoms. The Hall–Kier alpha value is -2.28. The molecule has 1 aromatic heterocycles. The van der Waals surface area contributed by atoms with Crippen molar-refractivity contribution in [3.8, 4) is 0 Å². The highest BCUT2D eigenvalue weighted by atomic mass is 35.5. The van der Waals surface area contributed by atoms with E-state index in [2.05, 4.69) is 10.6 Å². The zero-order chi connectivity index (χ0) is 24.9. The van der Waals surface area contributed by atoms with Gasteiger partial charge in [-0.15, -0.1) is 0 Å². The number of hydrogen-bond acceptors (Lipinski definition) is 5. The van der Waals surface area contributed by atoms with Crippen LogP contribution in [0.5, 0.6) is 0 Å². The normalized spacial score (nSPS) is 17.9. The predicted octanol–water partition coefficient (Wildman–Crippen LogP) is 6.23. The van der Waals surface area contributed by atoms with Gasteiger partial charge in [-0.2, -0.15) is 4.98 Å². The molecule has 0 atom stereocenters. The third kappa shape index (κ3) is 6.49. The van der Waals surface area contributed by atoms with Gasteiger partial charge in [0, 0.05) is 43.2 Å². The number of amides is 1. The average Bonchev–Trinajstić information content (AvgIpc) is 2.86. The van der Waals surface area contributed by atoms with Crippen LogP contribution >= 0.6 is 34.8 Å². The summed E-state index contributed by atoms with van der Waals surface area (Å²) in [7, 11) is 3.99. The molecule has 3 aromatic rings. The summed E-state index contributed by atoms with van der Waals surface area (Å²) in [5.74, 6) is 2.52. The molecule has 1 aliphatic rings. The molecule has 0 unspecified atom stereocenters. The molecule has 0 saturated heterocycles. The van der Waals surface area contributed by atoms with E-state index in [4.69, 9.17) is 44.8 Å². The summed E-state index contributed by atoms with van der Waals surface area (Å²) in [6.07, 6.45) is 4.49. The number of carbonyl (C=O) groups is 1. The van der Waals surface area contributed by atoms with Gasteiger partial charge >= 0.3 is 0 Å². The van der Waals surface area contributed by atoms with Gasteiger partial charge in [0.1, 0.15) is 5.82 Å². The van der Waals surface area contributed by atoms with Gasteiger partial charge in [0.15, 0.2) is 0 Å². The minimum atomic E-state index is -0.0926. The minimum absolute atomic E-state index is 0.0926. The first-order valence-corrected chi connectivity index (χ1v) is 13.0. The molecule has 186 valence electrons. The smallest absolute Gasteiger partial charge is 0.225 e. The SMILES string of the molecule is CN(C)c1nc(NCC2CCC(CNC(=O)Cc3c(Cl)ccc(Cl)c3Cl)CC2)nc2ccccc12. The first kappa shape index (κ1) is 25.8. The number of benzene rings is 2. The van der Waals surface area contributed by atoms with Crippen molar-refractivity contribution in [2.24, 2.45) is 11.8 Å². The van der Waals surface area contributed by atoms with Crippen LogP contribution < -0.4 is 15.5 Å². The zero-order valence-corrected chi connectivity index (χ0v) is 22.2. The molecule has 1 amide bonds. The second kappa shape index (κ2) is 11.6. The fraction of sp³-hybridized carbons (Fsp3) is 0.423. The summed E-state index contributed by atoms with van der Waals surface area (Å²) in [5.41, 5.74) is 1.51. The number of rotatable bonds is 8. The topological polar surface area (TPSA) is 70.2 Å². The first-order chi connectivity index (χ1) is 16.8. The van der Waals surface area contributed by atoms with Crippen LogP contribution in [0.25, 0.3) is 10.9 Å². The van der Waals surface area contributed by atoms with E-state index in [1.165, 1.54) is 0 Å². The molecule has 1 fully saturated rings. The molecule has 0 aliphatic heterocycles. The maximum atomic E-state index is 12.5. The molecule has 4 rings (SSSR count). The van der Waals surface area contributed by atoms with Crippen LogP contribution in [0.4, 0.5) is 11.8 Å². The highest BCUT2D eigenvalue weighted by molar-refractivity contribution is 6.44. The predicted molar refractivity (Wildman–Crippen MR) is 146 cm³/mol. The van der Waals surface area contributed by atoms with Gasteiger partial charge in [-0.3, -0.25) is 4.79 Å². The van der Waals surface area contributed by atoms with E-state index in [9.17, 15) is 4.79 Å². The fourth-order valence-corrected chi connectivity index (χ4v) is 5.25. The van der Waals surface area contributed by atoms with E-state index < -0.39 is 0 Å². The van der Waals surface area contributed by atoms with Crippen molar-refractivity contribution >= 4 is 63.4 Å². The Balaban J connectivity index is 1.24. The van der Waals surface area contributed by atoms with Gasteiger partial charge in [0.05, 0.1) is 22.0 Å². The van der Waals surface area contributed by atoms with Crippen molar-refractivity contribution in [3.63, 3.8) is 0 Å². The Bertz CT molecular complexity index is 1200. The average molecular weight is 535 g/mol. The molecule has 1 saturated carbocycles. The lowest BCUT2D eigenvalue weighted by Gasteiger charge is -2.29. The molecule has 0 radical (unpaired) electrons. The Morgan fingerprint density at radius 1 is 0.943 bits per heavy atom. The molecular weight excluding hydrogens is 505 g/mol. The van der Waals surface area contributed by atoms with Crippen LogP contribution in [0.1, 0.15) is 31.2 Å². The second-order valence-corrected chi connectivity index (χ2v) is 10.5. The van der Waals surface area contributed by atoms with Crippen LogP contribution in [0.3, 0.4) is 0 Å².